The van der Waals surface area contributed by atoms with E-state index in [2.05, 4.69) is 0 Å². The van der Waals surface area contributed by atoms with Crippen molar-refractivity contribution in [3.63, 3.8) is 0 Å². The minimum absolute atomic E-state index is 0.163. The first-order valence-corrected chi connectivity index (χ1v) is 14.5. The van der Waals surface area contributed by atoms with Crippen molar-refractivity contribution in [2.45, 2.75) is 43.6 Å². The van der Waals surface area contributed by atoms with Crippen molar-refractivity contribution >= 4 is 35.0 Å². The zero-order valence-corrected chi connectivity index (χ0v) is 23.9. The van der Waals surface area contributed by atoms with Crippen LogP contribution >= 0.6 is 11.6 Å². The highest BCUT2D eigenvalue weighted by Crippen LogP contribution is 2.59. The summed E-state index contributed by atoms with van der Waals surface area (Å²) in [5.41, 5.74) is -1.33. The SMILES string of the molecule is CCCN1CC=C[C@]2(C)O[C@]34C=CCN(c5ccccc5Cl)C(=O)C3N([C@H](CO)c3ccccc3)C(=O)[C@@H]4[C@@H]2C1=O. The minimum atomic E-state index is -1.43. The molecule has 6 rings (SSSR count). The lowest BCUT2D eigenvalue weighted by Gasteiger charge is -2.40. The topological polar surface area (TPSA) is 90.4 Å². The van der Waals surface area contributed by atoms with E-state index in [0.717, 1.165) is 6.42 Å². The van der Waals surface area contributed by atoms with Crippen LogP contribution in [0.4, 0.5) is 5.69 Å². The van der Waals surface area contributed by atoms with Gasteiger partial charge in [0.2, 0.25) is 11.8 Å². The summed E-state index contributed by atoms with van der Waals surface area (Å²) in [5.74, 6) is -2.73. The highest BCUT2D eigenvalue weighted by Gasteiger charge is 2.75. The van der Waals surface area contributed by atoms with Gasteiger partial charge in [0.25, 0.3) is 5.91 Å². The van der Waals surface area contributed by atoms with Crippen LogP contribution < -0.4 is 4.90 Å². The van der Waals surface area contributed by atoms with Gasteiger partial charge in [0, 0.05) is 19.6 Å². The summed E-state index contributed by atoms with van der Waals surface area (Å²) in [6.07, 6.45) is 8.20. The molecule has 2 aromatic rings. The average molecular weight is 576 g/mol. The number of fused-ring (bicyclic) bond motifs is 2. The van der Waals surface area contributed by atoms with Crippen molar-refractivity contribution in [3.05, 3.63) is 89.5 Å². The summed E-state index contributed by atoms with van der Waals surface area (Å²) in [6.45, 7) is 4.63. The highest BCUT2D eigenvalue weighted by atomic mass is 35.5. The number of aliphatic hydroxyl groups excluding tert-OH is 1. The number of para-hydroxylation sites is 1. The number of ether oxygens (including phenoxy) is 1. The molecule has 0 bridgehead atoms. The van der Waals surface area contributed by atoms with E-state index < -0.39 is 41.7 Å². The van der Waals surface area contributed by atoms with Crippen molar-refractivity contribution in [1.82, 2.24) is 9.80 Å². The predicted molar refractivity (Wildman–Crippen MR) is 155 cm³/mol. The van der Waals surface area contributed by atoms with Crippen LogP contribution in [0, 0.1) is 11.8 Å². The molecule has 0 saturated carbocycles. The third-order valence-electron chi connectivity index (χ3n) is 8.91. The fraction of sp³-hybridized carbons (Fsp3) is 0.406. The van der Waals surface area contributed by atoms with Crippen molar-refractivity contribution in [2.75, 3.05) is 31.1 Å². The van der Waals surface area contributed by atoms with Gasteiger partial charge in [-0.25, -0.2) is 0 Å². The maximum absolute atomic E-state index is 14.7. The lowest BCUT2D eigenvalue weighted by Crippen LogP contribution is -2.57. The van der Waals surface area contributed by atoms with Crippen molar-refractivity contribution in [2.24, 2.45) is 11.8 Å². The van der Waals surface area contributed by atoms with Gasteiger partial charge in [0.1, 0.15) is 11.6 Å². The molecule has 41 heavy (non-hydrogen) atoms. The summed E-state index contributed by atoms with van der Waals surface area (Å²) in [5, 5.41) is 11.1. The number of hydrogen-bond acceptors (Lipinski definition) is 5. The molecule has 1 unspecified atom stereocenters. The molecule has 2 fully saturated rings. The second kappa shape index (κ2) is 10.4. The van der Waals surface area contributed by atoms with E-state index in [4.69, 9.17) is 16.3 Å². The van der Waals surface area contributed by atoms with Gasteiger partial charge in [-0.1, -0.05) is 85.3 Å². The molecule has 4 aliphatic heterocycles. The Balaban J connectivity index is 1.54. The Bertz CT molecular complexity index is 1430. The highest BCUT2D eigenvalue weighted by molar-refractivity contribution is 6.34. The number of nitrogens with zero attached hydrogens (tertiary/aromatic N) is 3. The van der Waals surface area contributed by atoms with Gasteiger partial charge in [-0.2, -0.15) is 0 Å². The fourth-order valence-electron chi connectivity index (χ4n) is 7.23. The molecule has 2 saturated heterocycles. The molecule has 0 radical (unpaired) electrons. The number of likely N-dealkylation sites (tertiary alicyclic amines) is 1. The van der Waals surface area contributed by atoms with E-state index in [0.29, 0.717) is 29.4 Å². The number of rotatable bonds is 6. The van der Waals surface area contributed by atoms with Gasteiger partial charge in [-0.15, -0.1) is 0 Å². The van der Waals surface area contributed by atoms with Gasteiger partial charge in [0.15, 0.2) is 0 Å². The number of anilines is 1. The Hall–Kier alpha value is -3.46. The molecule has 0 aliphatic carbocycles. The van der Waals surface area contributed by atoms with Crippen molar-refractivity contribution in [1.29, 1.82) is 0 Å². The van der Waals surface area contributed by atoms with Gasteiger partial charge >= 0.3 is 0 Å². The van der Waals surface area contributed by atoms with Crippen molar-refractivity contribution < 1.29 is 24.2 Å². The van der Waals surface area contributed by atoms with Gasteiger partial charge in [-0.05, 0) is 31.0 Å². The molecule has 1 N–H and O–H groups in total. The van der Waals surface area contributed by atoms with Crippen LogP contribution in [0.25, 0.3) is 0 Å². The molecule has 6 atom stereocenters. The number of carbonyl (C=O) groups is 3. The van der Waals surface area contributed by atoms with E-state index in [1.807, 2.05) is 62.4 Å². The second-order valence-electron chi connectivity index (χ2n) is 11.3. The zero-order chi connectivity index (χ0) is 28.9. The van der Waals surface area contributed by atoms with E-state index in [1.54, 1.807) is 40.1 Å². The molecule has 8 nitrogen and oxygen atoms in total. The number of amides is 3. The molecule has 0 aromatic heterocycles. The number of benzene rings is 2. The molecule has 214 valence electrons. The normalized spacial score (nSPS) is 31.6. The Kier molecular flexibility index (Phi) is 7.04. The summed E-state index contributed by atoms with van der Waals surface area (Å²) in [7, 11) is 0. The molecule has 4 aliphatic rings. The summed E-state index contributed by atoms with van der Waals surface area (Å²) < 4.78 is 6.90. The van der Waals surface area contributed by atoms with Gasteiger partial charge < -0.3 is 24.5 Å². The first kappa shape index (κ1) is 27.7. The minimum Gasteiger partial charge on any atom is -0.394 e. The van der Waals surface area contributed by atoms with Crippen molar-refractivity contribution in [3.8, 4) is 0 Å². The third-order valence-corrected chi connectivity index (χ3v) is 9.23. The molecular formula is C32H34ClN3O5. The lowest BCUT2D eigenvalue weighted by molar-refractivity contribution is -0.151. The largest absolute Gasteiger partial charge is 0.394 e. The molecule has 3 amide bonds. The van der Waals surface area contributed by atoms with E-state index in [1.165, 1.54) is 4.90 Å². The molecule has 4 heterocycles. The number of carbonyl (C=O) groups excluding carboxylic acids is 3. The predicted octanol–water partition coefficient (Wildman–Crippen LogP) is 3.76. The number of halogens is 1. The Morgan fingerprint density at radius 1 is 0.951 bits per heavy atom. The van der Waals surface area contributed by atoms with Crippen LogP contribution in [0.15, 0.2) is 78.9 Å². The van der Waals surface area contributed by atoms with E-state index in [9.17, 15) is 19.5 Å². The van der Waals surface area contributed by atoms with Gasteiger partial charge in [0.05, 0.1) is 40.8 Å². The summed E-state index contributed by atoms with van der Waals surface area (Å²) in [6, 6.07) is 14.3. The van der Waals surface area contributed by atoms with Gasteiger partial charge in [-0.3, -0.25) is 14.4 Å². The fourth-order valence-corrected chi connectivity index (χ4v) is 7.47. The van der Waals surface area contributed by atoms with Crippen LogP contribution in [-0.2, 0) is 19.1 Å². The third kappa shape index (κ3) is 4.15. The van der Waals surface area contributed by atoms with E-state index >= 15 is 0 Å². The summed E-state index contributed by atoms with van der Waals surface area (Å²) in [4.78, 5) is 48.4. The number of hydrogen-bond donors (Lipinski definition) is 1. The Morgan fingerprint density at radius 2 is 1.66 bits per heavy atom. The second-order valence-corrected chi connectivity index (χ2v) is 11.7. The average Bonchev–Trinajstić information content (AvgIpc) is 3.24. The van der Waals surface area contributed by atoms with Crippen LogP contribution in [0.3, 0.4) is 0 Å². The molecule has 1 spiro atoms. The molecular weight excluding hydrogens is 542 g/mol. The quantitative estimate of drug-likeness (QED) is 0.530. The zero-order valence-electron chi connectivity index (χ0n) is 23.2. The van der Waals surface area contributed by atoms with E-state index in [-0.39, 0.29) is 24.3 Å². The summed E-state index contributed by atoms with van der Waals surface area (Å²) >= 11 is 6.55. The van der Waals surface area contributed by atoms with Crippen LogP contribution in [0.1, 0.15) is 31.9 Å². The Labute approximate surface area is 244 Å². The maximum atomic E-state index is 14.7. The Morgan fingerprint density at radius 3 is 2.37 bits per heavy atom. The number of aliphatic hydroxyl groups is 1. The standard InChI is InChI=1S/C32H34ClN3O5/c1-3-17-34-18-9-15-31(2)25(28(34)38)26-29(39)36(24(20-37)21-11-5-4-6-12-21)27-30(40)35(19-10-16-32(26,27)41-31)23-14-8-7-13-22(23)33/h4-16,24-27,37H,3,17-20H2,1-2H3/t24-,25-,26+,27?,31+,32+/m1/s1. The maximum Gasteiger partial charge on any atom is 0.253 e. The monoisotopic (exact) mass is 575 g/mol. The van der Waals surface area contributed by atoms with Crippen LogP contribution in [0.2, 0.25) is 5.02 Å². The first-order valence-electron chi connectivity index (χ1n) is 14.2. The van der Waals surface area contributed by atoms with Crippen LogP contribution in [-0.4, -0.2) is 76.1 Å². The molecule has 9 heteroatoms. The smallest absolute Gasteiger partial charge is 0.253 e. The first-order chi connectivity index (χ1) is 19.8. The molecule has 2 aromatic carbocycles. The lowest BCUT2D eigenvalue weighted by atomic mass is 9.74. The van der Waals surface area contributed by atoms with Crippen LogP contribution in [0.5, 0.6) is 0 Å².